The Kier molecular flexibility index (Phi) is 5.82. The van der Waals surface area contributed by atoms with Crippen LogP contribution in [0.5, 0.6) is 0 Å². The molecule has 0 spiro atoms. The Balaban J connectivity index is 1.71. The Morgan fingerprint density at radius 1 is 1.53 bits per heavy atom. The fourth-order valence-corrected chi connectivity index (χ4v) is 3.43. The highest BCUT2D eigenvalue weighted by molar-refractivity contribution is 7.09. The molecule has 0 amide bonds. The lowest BCUT2D eigenvalue weighted by atomic mass is 10.0. The van der Waals surface area contributed by atoms with Crippen LogP contribution < -0.4 is 5.32 Å². The quantitative estimate of drug-likeness (QED) is 0.863. The van der Waals surface area contributed by atoms with Crippen molar-refractivity contribution in [1.82, 2.24) is 15.1 Å². The van der Waals surface area contributed by atoms with Gasteiger partial charge in [0.05, 0.1) is 0 Å². The first kappa shape index (κ1) is 15.0. The highest BCUT2D eigenvalue weighted by Gasteiger charge is 2.24. The maximum atomic E-state index is 3.58. The Bertz CT molecular complexity index is 350. The van der Waals surface area contributed by atoms with Crippen LogP contribution in [0.25, 0.3) is 0 Å². The highest BCUT2D eigenvalue weighted by Crippen LogP contribution is 2.16. The first-order valence-electron chi connectivity index (χ1n) is 7.30. The summed E-state index contributed by atoms with van der Waals surface area (Å²) < 4.78 is 0. The van der Waals surface area contributed by atoms with Crippen LogP contribution >= 0.6 is 11.3 Å². The molecule has 2 unspecified atom stereocenters. The molecule has 0 aromatic carbocycles. The number of nitrogens with one attached hydrogen (secondary N) is 1. The number of nitrogens with zero attached hydrogens (tertiary/aromatic N) is 2. The number of likely N-dealkylation sites (N-methyl/N-ethyl adjacent to an activating group) is 1. The third-order valence-electron chi connectivity index (χ3n) is 4.10. The molecule has 2 atom stereocenters. The molecular formula is C15H27N3S. The van der Waals surface area contributed by atoms with Crippen LogP contribution in [0.3, 0.4) is 0 Å². The van der Waals surface area contributed by atoms with E-state index in [0.29, 0.717) is 6.04 Å². The summed E-state index contributed by atoms with van der Waals surface area (Å²) in [6, 6.07) is 5.68. The molecule has 108 valence electrons. The van der Waals surface area contributed by atoms with Gasteiger partial charge in [-0.1, -0.05) is 6.07 Å². The molecule has 0 saturated carbocycles. The minimum absolute atomic E-state index is 0.628. The standard InChI is InChI=1S/C15H27N3S/c1-13(10-16-11-15-7-5-9-19-15)18-8-4-6-14(12-18)17(2)3/h5,7,9,13-14,16H,4,6,8,10-12H2,1-3H3. The molecule has 0 bridgehead atoms. The third-order valence-corrected chi connectivity index (χ3v) is 4.98. The van der Waals surface area contributed by atoms with E-state index in [9.17, 15) is 0 Å². The summed E-state index contributed by atoms with van der Waals surface area (Å²) in [5.74, 6) is 0. The average molecular weight is 281 g/mol. The molecule has 1 aromatic heterocycles. The van der Waals surface area contributed by atoms with Gasteiger partial charge in [0.15, 0.2) is 0 Å². The van der Waals surface area contributed by atoms with Crippen LogP contribution in [0.2, 0.25) is 0 Å². The van der Waals surface area contributed by atoms with Crippen LogP contribution in [0, 0.1) is 0 Å². The maximum absolute atomic E-state index is 3.58. The molecule has 1 aromatic rings. The summed E-state index contributed by atoms with van der Waals surface area (Å²) in [7, 11) is 4.40. The number of thiophene rings is 1. The topological polar surface area (TPSA) is 18.5 Å². The smallest absolute Gasteiger partial charge is 0.0300 e. The van der Waals surface area contributed by atoms with Crippen molar-refractivity contribution in [3.8, 4) is 0 Å². The monoisotopic (exact) mass is 281 g/mol. The molecule has 1 aliphatic heterocycles. The Hall–Kier alpha value is -0.420. The molecule has 0 radical (unpaired) electrons. The number of piperidine rings is 1. The number of hydrogen-bond acceptors (Lipinski definition) is 4. The summed E-state index contributed by atoms with van der Waals surface area (Å²) >= 11 is 1.83. The lowest BCUT2D eigenvalue weighted by molar-refractivity contribution is 0.102. The molecular weight excluding hydrogens is 254 g/mol. The molecule has 1 saturated heterocycles. The van der Waals surface area contributed by atoms with Gasteiger partial charge in [-0.15, -0.1) is 11.3 Å². The van der Waals surface area contributed by atoms with Crippen molar-refractivity contribution in [2.24, 2.45) is 0 Å². The fourth-order valence-electron chi connectivity index (χ4n) is 2.75. The second-order valence-corrected chi connectivity index (χ2v) is 6.85. The largest absolute Gasteiger partial charge is 0.310 e. The summed E-state index contributed by atoms with van der Waals surface area (Å²) in [5.41, 5.74) is 0. The molecule has 1 N–H and O–H groups in total. The molecule has 1 aliphatic rings. The van der Waals surface area contributed by atoms with Gasteiger partial charge in [-0.2, -0.15) is 0 Å². The van der Waals surface area contributed by atoms with E-state index in [1.165, 1.54) is 30.8 Å². The second kappa shape index (κ2) is 7.39. The van der Waals surface area contributed by atoms with Crippen molar-refractivity contribution in [3.05, 3.63) is 22.4 Å². The minimum atomic E-state index is 0.628. The molecule has 4 heteroatoms. The molecule has 19 heavy (non-hydrogen) atoms. The zero-order valence-corrected chi connectivity index (χ0v) is 13.2. The van der Waals surface area contributed by atoms with Crippen molar-refractivity contribution in [2.45, 2.75) is 38.4 Å². The van der Waals surface area contributed by atoms with Crippen LogP contribution in [-0.2, 0) is 6.54 Å². The Morgan fingerprint density at radius 2 is 2.37 bits per heavy atom. The Labute approximate surface area is 121 Å². The molecule has 2 heterocycles. The van der Waals surface area contributed by atoms with Crippen LogP contribution in [0.15, 0.2) is 17.5 Å². The molecule has 0 aliphatic carbocycles. The van der Waals surface area contributed by atoms with Crippen molar-refractivity contribution in [1.29, 1.82) is 0 Å². The molecule has 3 nitrogen and oxygen atoms in total. The third kappa shape index (κ3) is 4.56. The minimum Gasteiger partial charge on any atom is -0.310 e. The van der Waals surface area contributed by atoms with E-state index >= 15 is 0 Å². The predicted octanol–water partition coefficient (Wildman–Crippen LogP) is 2.25. The summed E-state index contributed by atoms with van der Waals surface area (Å²) in [5, 5.41) is 5.73. The van der Waals surface area contributed by atoms with Crippen LogP contribution in [0.1, 0.15) is 24.6 Å². The fraction of sp³-hybridized carbons (Fsp3) is 0.733. The zero-order valence-electron chi connectivity index (χ0n) is 12.4. The maximum Gasteiger partial charge on any atom is 0.0300 e. The first-order chi connectivity index (χ1) is 9.16. The number of likely N-dealkylation sites (tertiary alicyclic amines) is 1. The SMILES string of the molecule is CC(CNCc1cccs1)N1CCCC(N(C)C)C1. The Morgan fingerprint density at radius 3 is 3.05 bits per heavy atom. The van der Waals surface area contributed by atoms with Gasteiger partial charge in [-0.3, -0.25) is 4.90 Å². The van der Waals surface area contributed by atoms with E-state index < -0.39 is 0 Å². The van der Waals surface area contributed by atoms with Crippen molar-refractivity contribution in [2.75, 3.05) is 33.7 Å². The van der Waals surface area contributed by atoms with E-state index in [4.69, 9.17) is 0 Å². The normalized spacial score (nSPS) is 22.8. The van der Waals surface area contributed by atoms with Crippen LogP contribution in [0.4, 0.5) is 0 Å². The van der Waals surface area contributed by atoms with Gasteiger partial charge in [-0.25, -0.2) is 0 Å². The van der Waals surface area contributed by atoms with Crippen molar-refractivity contribution < 1.29 is 0 Å². The van der Waals surface area contributed by atoms with Gasteiger partial charge in [0.2, 0.25) is 0 Å². The van der Waals surface area contributed by atoms with Gasteiger partial charge in [0, 0.05) is 36.6 Å². The first-order valence-corrected chi connectivity index (χ1v) is 8.18. The predicted molar refractivity (Wildman–Crippen MR) is 83.8 cm³/mol. The van der Waals surface area contributed by atoms with Gasteiger partial charge < -0.3 is 10.2 Å². The van der Waals surface area contributed by atoms with Crippen LogP contribution in [-0.4, -0.2) is 55.6 Å². The number of rotatable bonds is 6. The molecule has 2 rings (SSSR count). The van der Waals surface area contributed by atoms with Gasteiger partial charge in [0.1, 0.15) is 0 Å². The number of hydrogen-bond donors (Lipinski definition) is 1. The zero-order chi connectivity index (χ0) is 13.7. The average Bonchev–Trinajstić information content (AvgIpc) is 2.92. The van der Waals surface area contributed by atoms with Gasteiger partial charge in [0.25, 0.3) is 0 Å². The van der Waals surface area contributed by atoms with E-state index in [1.54, 1.807) is 0 Å². The summed E-state index contributed by atoms with van der Waals surface area (Å²) in [6.45, 7) is 6.91. The van der Waals surface area contributed by atoms with E-state index in [-0.39, 0.29) is 0 Å². The lowest BCUT2D eigenvalue weighted by Gasteiger charge is -2.39. The van der Waals surface area contributed by atoms with E-state index in [1.807, 2.05) is 11.3 Å². The second-order valence-electron chi connectivity index (χ2n) is 5.81. The van der Waals surface area contributed by atoms with Gasteiger partial charge in [-0.05, 0) is 51.9 Å². The van der Waals surface area contributed by atoms with Crippen molar-refractivity contribution in [3.63, 3.8) is 0 Å². The van der Waals surface area contributed by atoms with E-state index in [2.05, 4.69) is 53.6 Å². The summed E-state index contributed by atoms with van der Waals surface area (Å²) in [4.78, 5) is 6.44. The van der Waals surface area contributed by atoms with E-state index in [0.717, 1.165) is 19.1 Å². The van der Waals surface area contributed by atoms with Gasteiger partial charge >= 0.3 is 0 Å². The van der Waals surface area contributed by atoms with Crippen molar-refractivity contribution >= 4 is 11.3 Å². The highest BCUT2D eigenvalue weighted by atomic mass is 32.1. The summed E-state index contributed by atoms with van der Waals surface area (Å²) in [6.07, 6.45) is 2.68. The molecule has 1 fully saturated rings. The lowest BCUT2D eigenvalue weighted by Crippen LogP contribution is -2.50.